The Bertz CT molecular complexity index is 329. The summed E-state index contributed by atoms with van der Waals surface area (Å²) in [6.45, 7) is 3.68. The van der Waals surface area contributed by atoms with Crippen molar-refractivity contribution in [2.75, 3.05) is 31.3 Å². The van der Waals surface area contributed by atoms with Crippen LogP contribution in [0.15, 0.2) is 16.6 Å². The SMILES string of the molecule is COCCCNc1cc(C)c(N)cc1Br. The normalized spacial score (nSPS) is 10.3. The second-order valence-electron chi connectivity index (χ2n) is 3.46. The van der Waals surface area contributed by atoms with E-state index in [9.17, 15) is 0 Å². The molecule has 1 aromatic carbocycles. The Kier molecular flexibility index (Phi) is 4.91. The Morgan fingerprint density at radius 3 is 2.87 bits per heavy atom. The van der Waals surface area contributed by atoms with Gasteiger partial charge >= 0.3 is 0 Å². The van der Waals surface area contributed by atoms with Gasteiger partial charge in [0.2, 0.25) is 0 Å². The van der Waals surface area contributed by atoms with Crippen LogP contribution in [0.3, 0.4) is 0 Å². The highest BCUT2D eigenvalue weighted by Gasteiger charge is 2.02. The van der Waals surface area contributed by atoms with Gasteiger partial charge < -0.3 is 15.8 Å². The van der Waals surface area contributed by atoms with Gasteiger partial charge in [-0.25, -0.2) is 0 Å². The molecule has 0 aliphatic carbocycles. The maximum absolute atomic E-state index is 5.79. The predicted octanol–water partition coefficient (Wildman–Crippen LogP) is 2.79. The first-order valence-electron chi connectivity index (χ1n) is 4.93. The van der Waals surface area contributed by atoms with Gasteiger partial charge in [-0.15, -0.1) is 0 Å². The average molecular weight is 273 g/mol. The van der Waals surface area contributed by atoms with Crippen molar-refractivity contribution in [1.82, 2.24) is 0 Å². The largest absolute Gasteiger partial charge is 0.398 e. The molecule has 0 heterocycles. The van der Waals surface area contributed by atoms with Gasteiger partial charge in [0.1, 0.15) is 0 Å². The summed E-state index contributed by atoms with van der Waals surface area (Å²) in [5.74, 6) is 0. The van der Waals surface area contributed by atoms with E-state index in [1.165, 1.54) is 0 Å². The van der Waals surface area contributed by atoms with Gasteiger partial charge in [0.25, 0.3) is 0 Å². The Labute approximate surface area is 99.1 Å². The first-order chi connectivity index (χ1) is 7.15. The van der Waals surface area contributed by atoms with E-state index < -0.39 is 0 Å². The molecule has 15 heavy (non-hydrogen) atoms. The molecule has 0 saturated heterocycles. The van der Waals surface area contributed by atoms with Gasteiger partial charge in [0, 0.05) is 36.1 Å². The van der Waals surface area contributed by atoms with Crippen LogP contribution < -0.4 is 11.1 Å². The van der Waals surface area contributed by atoms with E-state index in [4.69, 9.17) is 10.5 Å². The highest BCUT2D eigenvalue weighted by atomic mass is 79.9. The molecule has 0 atom stereocenters. The molecular weight excluding hydrogens is 256 g/mol. The number of ether oxygens (including phenoxy) is 1. The van der Waals surface area contributed by atoms with Crippen molar-refractivity contribution in [3.8, 4) is 0 Å². The van der Waals surface area contributed by atoms with Crippen LogP contribution in [0.5, 0.6) is 0 Å². The van der Waals surface area contributed by atoms with Gasteiger partial charge in [0.05, 0.1) is 0 Å². The number of hydrogen-bond acceptors (Lipinski definition) is 3. The number of nitrogen functional groups attached to an aromatic ring is 1. The fraction of sp³-hybridized carbons (Fsp3) is 0.455. The lowest BCUT2D eigenvalue weighted by Crippen LogP contribution is -2.05. The molecule has 0 spiro atoms. The fourth-order valence-electron chi connectivity index (χ4n) is 1.27. The zero-order valence-electron chi connectivity index (χ0n) is 9.14. The quantitative estimate of drug-likeness (QED) is 0.640. The minimum absolute atomic E-state index is 0.776. The van der Waals surface area contributed by atoms with Crippen LogP contribution in [-0.2, 0) is 4.74 Å². The maximum Gasteiger partial charge on any atom is 0.0488 e. The Balaban J connectivity index is 2.57. The number of halogens is 1. The summed E-state index contributed by atoms with van der Waals surface area (Å²) >= 11 is 3.48. The summed E-state index contributed by atoms with van der Waals surface area (Å²) in [4.78, 5) is 0. The first kappa shape index (κ1) is 12.3. The molecule has 1 aromatic rings. The lowest BCUT2D eigenvalue weighted by atomic mass is 10.2. The molecule has 4 heteroatoms. The van der Waals surface area contributed by atoms with Crippen LogP contribution in [0.2, 0.25) is 0 Å². The Morgan fingerprint density at radius 1 is 1.47 bits per heavy atom. The molecule has 0 radical (unpaired) electrons. The minimum Gasteiger partial charge on any atom is -0.398 e. The number of aryl methyl sites for hydroxylation is 1. The number of rotatable bonds is 5. The summed E-state index contributed by atoms with van der Waals surface area (Å²) in [5, 5.41) is 3.33. The lowest BCUT2D eigenvalue weighted by Gasteiger charge is -2.10. The van der Waals surface area contributed by atoms with Crippen LogP contribution in [0, 0.1) is 6.92 Å². The van der Waals surface area contributed by atoms with E-state index >= 15 is 0 Å². The zero-order valence-corrected chi connectivity index (χ0v) is 10.7. The summed E-state index contributed by atoms with van der Waals surface area (Å²) in [6, 6.07) is 3.97. The first-order valence-corrected chi connectivity index (χ1v) is 5.73. The smallest absolute Gasteiger partial charge is 0.0488 e. The summed E-state index contributed by atoms with van der Waals surface area (Å²) in [7, 11) is 1.71. The van der Waals surface area contributed by atoms with Crippen molar-refractivity contribution >= 4 is 27.3 Å². The van der Waals surface area contributed by atoms with Gasteiger partial charge in [-0.3, -0.25) is 0 Å². The molecule has 1 rings (SSSR count). The fourth-order valence-corrected chi connectivity index (χ4v) is 1.77. The summed E-state index contributed by atoms with van der Waals surface area (Å²) in [5.41, 5.74) is 8.77. The van der Waals surface area contributed by atoms with Crippen molar-refractivity contribution in [3.05, 3.63) is 22.2 Å². The van der Waals surface area contributed by atoms with Crippen molar-refractivity contribution in [3.63, 3.8) is 0 Å². The van der Waals surface area contributed by atoms with E-state index in [0.717, 1.165) is 41.0 Å². The number of nitrogens with one attached hydrogen (secondary N) is 1. The lowest BCUT2D eigenvalue weighted by molar-refractivity contribution is 0.198. The van der Waals surface area contributed by atoms with Crippen molar-refractivity contribution in [2.45, 2.75) is 13.3 Å². The molecule has 0 amide bonds. The minimum atomic E-state index is 0.776. The van der Waals surface area contributed by atoms with Gasteiger partial charge in [0.15, 0.2) is 0 Å². The molecule has 0 fully saturated rings. The van der Waals surface area contributed by atoms with Crippen LogP contribution in [-0.4, -0.2) is 20.3 Å². The average Bonchev–Trinajstić information content (AvgIpc) is 2.20. The molecule has 3 N–H and O–H groups in total. The maximum atomic E-state index is 5.79. The molecule has 0 bridgehead atoms. The third-order valence-electron chi connectivity index (χ3n) is 2.20. The van der Waals surface area contributed by atoms with Gasteiger partial charge in [-0.05, 0) is 47.0 Å². The van der Waals surface area contributed by atoms with Crippen LogP contribution in [0.4, 0.5) is 11.4 Å². The monoisotopic (exact) mass is 272 g/mol. The van der Waals surface area contributed by atoms with E-state index in [1.807, 2.05) is 19.1 Å². The highest BCUT2D eigenvalue weighted by molar-refractivity contribution is 9.10. The van der Waals surface area contributed by atoms with E-state index in [2.05, 4.69) is 21.2 Å². The van der Waals surface area contributed by atoms with Crippen LogP contribution in [0.1, 0.15) is 12.0 Å². The van der Waals surface area contributed by atoms with E-state index in [-0.39, 0.29) is 0 Å². The van der Waals surface area contributed by atoms with E-state index in [0.29, 0.717) is 0 Å². The second kappa shape index (κ2) is 5.98. The third kappa shape index (κ3) is 3.72. The second-order valence-corrected chi connectivity index (χ2v) is 4.32. The summed E-state index contributed by atoms with van der Waals surface area (Å²) < 4.78 is 5.98. The molecule has 0 saturated carbocycles. The zero-order chi connectivity index (χ0) is 11.3. The number of anilines is 2. The predicted molar refractivity (Wildman–Crippen MR) is 68.3 cm³/mol. The topological polar surface area (TPSA) is 47.3 Å². The van der Waals surface area contributed by atoms with Crippen molar-refractivity contribution in [2.24, 2.45) is 0 Å². The van der Waals surface area contributed by atoms with Crippen LogP contribution >= 0.6 is 15.9 Å². The van der Waals surface area contributed by atoms with Gasteiger partial charge in [-0.2, -0.15) is 0 Å². The molecule has 0 aliphatic rings. The molecule has 0 aromatic heterocycles. The standard InChI is InChI=1S/C11H17BrN2O/c1-8-6-11(9(12)7-10(8)13)14-4-3-5-15-2/h6-7,14H,3-5,13H2,1-2H3. The van der Waals surface area contributed by atoms with Gasteiger partial charge in [-0.1, -0.05) is 0 Å². The molecule has 84 valence electrons. The Hall–Kier alpha value is -0.740. The third-order valence-corrected chi connectivity index (χ3v) is 2.85. The number of hydrogen-bond donors (Lipinski definition) is 2. The number of methoxy groups -OCH3 is 1. The molecule has 3 nitrogen and oxygen atoms in total. The van der Waals surface area contributed by atoms with Crippen LogP contribution in [0.25, 0.3) is 0 Å². The number of nitrogens with two attached hydrogens (primary N) is 1. The highest BCUT2D eigenvalue weighted by Crippen LogP contribution is 2.27. The molecule has 0 aliphatic heterocycles. The van der Waals surface area contributed by atoms with Crippen molar-refractivity contribution < 1.29 is 4.74 Å². The molecule has 0 unspecified atom stereocenters. The van der Waals surface area contributed by atoms with E-state index in [1.54, 1.807) is 7.11 Å². The number of benzene rings is 1. The van der Waals surface area contributed by atoms with Crippen molar-refractivity contribution in [1.29, 1.82) is 0 Å². The molecular formula is C11H17BrN2O. The Morgan fingerprint density at radius 2 is 2.20 bits per heavy atom. The summed E-state index contributed by atoms with van der Waals surface area (Å²) in [6.07, 6.45) is 0.992.